The third kappa shape index (κ3) is 6.06. The minimum Gasteiger partial charge on any atom is -0.327 e. The lowest BCUT2D eigenvalue weighted by atomic mass is 9.94. The molecule has 1 heterocycles. The van der Waals surface area contributed by atoms with Crippen LogP contribution in [0, 0.1) is 5.92 Å². The molecule has 0 aliphatic carbocycles. The maximum Gasteiger partial charge on any atom is 0.446 e. The maximum atomic E-state index is 12.2. The van der Waals surface area contributed by atoms with E-state index in [1.165, 1.54) is 12.1 Å². The molecule has 120 valence electrons. The molecule has 0 bridgehead atoms. The molecule has 2 atom stereocenters. The molecule has 7 heteroatoms. The molecule has 1 aromatic carbocycles. The Balaban J connectivity index is 0.00000220. The molecule has 2 rings (SSSR count). The Morgan fingerprint density at radius 3 is 2.43 bits per heavy atom. The lowest BCUT2D eigenvalue weighted by Gasteiger charge is -2.35. The maximum absolute atomic E-state index is 12.2. The topological polar surface area (TPSA) is 29.3 Å². The SMILES string of the molecule is CC1CN(Cc2ccc(SC(F)(F)F)cc2)CCC1N.Cl. The van der Waals surface area contributed by atoms with Crippen LogP contribution in [0.2, 0.25) is 0 Å². The average molecular weight is 341 g/mol. The summed E-state index contributed by atoms with van der Waals surface area (Å²) in [6.45, 7) is 4.80. The summed E-state index contributed by atoms with van der Waals surface area (Å²) in [7, 11) is 0. The van der Waals surface area contributed by atoms with E-state index in [1.807, 2.05) is 0 Å². The van der Waals surface area contributed by atoms with Crippen molar-refractivity contribution in [2.45, 2.75) is 36.3 Å². The first-order valence-electron chi connectivity index (χ1n) is 6.66. The summed E-state index contributed by atoms with van der Waals surface area (Å²) >= 11 is -0.0739. The van der Waals surface area contributed by atoms with Gasteiger partial charge in [-0.15, -0.1) is 12.4 Å². The molecule has 0 aromatic heterocycles. The van der Waals surface area contributed by atoms with Crippen molar-refractivity contribution in [1.29, 1.82) is 0 Å². The summed E-state index contributed by atoms with van der Waals surface area (Å²) in [5, 5.41) is 0. The van der Waals surface area contributed by atoms with Crippen LogP contribution in [-0.4, -0.2) is 29.5 Å². The van der Waals surface area contributed by atoms with Crippen LogP contribution in [0.4, 0.5) is 13.2 Å². The number of thioether (sulfide) groups is 1. The fourth-order valence-electron chi connectivity index (χ4n) is 2.45. The molecule has 1 fully saturated rings. The third-order valence-electron chi connectivity index (χ3n) is 3.62. The number of hydrogen-bond acceptors (Lipinski definition) is 3. The van der Waals surface area contributed by atoms with Gasteiger partial charge in [-0.2, -0.15) is 13.2 Å². The number of halogens is 4. The van der Waals surface area contributed by atoms with Gasteiger partial charge < -0.3 is 5.73 Å². The Morgan fingerprint density at radius 2 is 1.90 bits per heavy atom. The number of nitrogens with two attached hydrogens (primary N) is 1. The van der Waals surface area contributed by atoms with Gasteiger partial charge in [0.15, 0.2) is 0 Å². The summed E-state index contributed by atoms with van der Waals surface area (Å²) in [5.74, 6) is 0.462. The van der Waals surface area contributed by atoms with E-state index >= 15 is 0 Å². The second-order valence-electron chi connectivity index (χ2n) is 5.36. The van der Waals surface area contributed by atoms with Crippen LogP contribution < -0.4 is 5.73 Å². The molecule has 0 radical (unpaired) electrons. The van der Waals surface area contributed by atoms with E-state index < -0.39 is 5.51 Å². The minimum atomic E-state index is -4.22. The van der Waals surface area contributed by atoms with Gasteiger partial charge in [0.1, 0.15) is 0 Å². The highest BCUT2D eigenvalue weighted by molar-refractivity contribution is 8.00. The predicted octanol–water partition coefficient (Wildman–Crippen LogP) is 3.89. The molecule has 0 spiro atoms. The van der Waals surface area contributed by atoms with Gasteiger partial charge in [-0.05, 0) is 48.3 Å². The minimum absolute atomic E-state index is 0. The van der Waals surface area contributed by atoms with Crippen molar-refractivity contribution in [1.82, 2.24) is 4.90 Å². The molecule has 21 heavy (non-hydrogen) atoms. The van der Waals surface area contributed by atoms with Crippen LogP contribution in [0.3, 0.4) is 0 Å². The zero-order valence-electron chi connectivity index (χ0n) is 11.8. The van der Waals surface area contributed by atoms with Crippen LogP contribution in [-0.2, 0) is 6.54 Å². The van der Waals surface area contributed by atoms with E-state index in [0.717, 1.165) is 31.6 Å². The average Bonchev–Trinajstić information content (AvgIpc) is 2.35. The largest absolute Gasteiger partial charge is 0.446 e. The van der Waals surface area contributed by atoms with Gasteiger partial charge in [0.25, 0.3) is 0 Å². The first-order valence-corrected chi connectivity index (χ1v) is 7.48. The standard InChI is InChI=1S/C14H19F3N2S.ClH/c1-10-8-19(7-6-13(10)18)9-11-2-4-12(5-3-11)20-14(15,16)17;/h2-5,10,13H,6-9,18H2,1H3;1H. The van der Waals surface area contributed by atoms with Crippen LogP contribution in [0.15, 0.2) is 29.2 Å². The van der Waals surface area contributed by atoms with Crippen molar-refractivity contribution in [2.24, 2.45) is 11.7 Å². The van der Waals surface area contributed by atoms with E-state index in [2.05, 4.69) is 11.8 Å². The quantitative estimate of drug-likeness (QED) is 0.846. The lowest BCUT2D eigenvalue weighted by Crippen LogP contribution is -2.45. The van der Waals surface area contributed by atoms with Crippen molar-refractivity contribution < 1.29 is 13.2 Å². The number of benzene rings is 1. The van der Waals surface area contributed by atoms with Gasteiger partial charge in [-0.1, -0.05) is 19.1 Å². The molecule has 0 amide bonds. The Labute approximate surface area is 133 Å². The van der Waals surface area contributed by atoms with Gasteiger partial charge in [-0.25, -0.2) is 0 Å². The number of piperidine rings is 1. The Kier molecular flexibility index (Phi) is 6.84. The molecule has 0 saturated carbocycles. The number of likely N-dealkylation sites (tertiary alicyclic amines) is 1. The smallest absolute Gasteiger partial charge is 0.327 e. The van der Waals surface area contributed by atoms with Gasteiger partial charge in [0.2, 0.25) is 0 Å². The van der Waals surface area contributed by atoms with Gasteiger partial charge in [-0.3, -0.25) is 4.90 Å². The van der Waals surface area contributed by atoms with E-state index in [0.29, 0.717) is 5.92 Å². The zero-order chi connectivity index (χ0) is 14.8. The molecule has 1 aliphatic rings. The predicted molar refractivity (Wildman–Crippen MR) is 82.6 cm³/mol. The number of nitrogens with zero attached hydrogens (tertiary/aromatic N) is 1. The molecule has 2 unspecified atom stereocenters. The van der Waals surface area contributed by atoms with Crippen molar-refractivity contribution in [3.05, 3.63) is 29.8 Å². The zero-order valence-corrected chi connectivity index (χ0v) is 13.4. The van der Waals surface area contributed by atoms with Crippen molar-refractivity contribution in [3.8, 4) is 0 Å². The van der Waals surface area contributed by atoms with Crippen LogP contribution in [0.25, 0.3) is 0 Å². The van der Waals surface area contributed by atoms with Gasteiger partial charge >= 0.3 is 5.51 Å². The summed E-state index contributed by atoms with van der Waals surface area (Å²) in [6.07, 6.45) is 0.975. The Hall–Kier alpha value is -0.430. The molecule has 1 aliphatic heterocycles. The molecule has 2 nitrogen and oxygen atoms in total. The highest BCUT2D eigenvalue weighted by Crippen LogP contribution is 2.36. The van der Waals surface area contributed by atoms with E-state index in [4.69, 9.17) is 5.73 Å². The first kappa shape index (κ1) is 18.6. The molecular weight excluding hydrogens is 321 g/mol. The highest BCUT2D eigenvalue weighted by atomic mass is 35.5. The number of alkyl halides is 3. The summed E-state index contributed by atoms with van der Waals surface area (Å²) < 4.78 is 36.7. The summed E-state index contributed by atoms with van der Waals surface area (Å²) in [6, 6.07) is 6.87. The van der Waals surface area contributed by atoms with E-state index in [1.54, 1.807) is 12.1 Å². The second kappa shape index (κ2) is 7.72. The second-order valence-corrected chi connectivity index (χ2v) is 6.50. The number of rotatable bonds is 3. The Bertz CT molecular complexity index is 439. The van der Waals surface area contributed by atoms with Gasteiger partial charge in [0, 0.05) is 24.0 Å². The Morgan fingerprint density at radius 1 is 1.29 bits per heavy atom. The monoisotopic (exact) mass is 340 g/mol. The van der Waals surface area contributed by atoms with Crippen LogP contribution in [0.5, 0.6) is 0 Å². The summed E-state index contributed by atoms with van der Waals surface area (Å²) in [5.41, 5.74) is 2.80. The fourth-order valence-corrected chi connectivity index (χ4v) is 2.99. The number of hydrogen-bond donors (Lipinski definition) is 1. The van der Waals surface area contributed by atoms with E-state index in [-0.39, 0.29) is 35.1 Å². The molecular formula is C14H20ClF3N2S. The van der Waals surface area contributed by atoms with E-state index in [9.17, 15) is 13.2 Å². The van der Waals surface area contributed by atoms with Crippen molar-refractivity contribution >= 4 is 24.2 Å². The lowest BCUT2D eigenvalue weighted by molar-refractivity contribution is -0.0328. The normalized spacial score (nSPS) is 23.7. The van der Waals surface area contributed by atoms with Gasteiger partial charge in [0.05, 0.1) is 0 Å². The molecule has 1 saturated heterocycles. The van der Waals surface area contributed by atoms with Crippen LogP contribution in [0.1, 0.15) is 18.9 Å². The molecule has 1 aromatic rings. The van der Waals surface area contributed by atoms with Crippen LogP contribution >= 0.6 is 24.2 Å². The van der Waals surface area contributed by atoms with Crippen molar-refractivity contribution in [2.75, 3.05) is 13.1 Å². The third-order valence-corrected chi connectivity index (χ3v) is 4.36. The van der Waals surface area contributed by atoms with Crippen molar-refractivity contribution in [3.63, 3.8) is 0 Å². The fraction of sp³-hybridized carbons (Fsp3) is 0.571. The molecule has 2 N–H and O–H groups in total. The first-order chi connectivity index (χ1) is 9.33. The highest BCUT2D eigenvalue weighted by Gasteiger charge is 2.29. The summed E-state index contributed by atoms with van der Waals surface area (Å²) in [4.78, 5) is 2.54.